The molecule has 0 aromatic rings. The number of rotatable bonds is 12. The highest BCUT2D eigenvalue weighted by atomic mass is 28.5. The molecule has 0 aliphatic carbocycles. The van der Waals surface area contributed by atoms with Gasteiger partial charge in [-0.2, -0.15) is 0 Å². The lowest BCUT2D eigenvalue weighted by atomic mass is 10.4. The first-order valence-corrected chi connectivity index (χ1v) is 17.2. The summed E-state index contributed by atoms with van der Waals surface area (Å²) < 4.78 is 12.9. The lowest BCUT2D eigenvalue weighted by Gasteiger charge is -2.38. The van der Waals surface area contributed by atoms with Gasteiger partial charge in [0.15, 0.2) is 16.6 Å². The summed E-state index contributed by atoms with van der Waals surface area (Å²) in [6.07, 6.45) is 3.81. The topological polar surface area (TPSA) is 58.9 Å². The summed E-state index contributed by atoms with van der Waals surface area (Å²) in [6.45, 7) is 13.9. The van der Waals surface area contributed by atoms with Crippen LogP contribution in [0.1, 0.15) is 40.5 Å². The van der Waals surface area contributed by atoms with Gasteiger partial charge in [-0.25, -0.2) is 0 Å². The number of unbranched alkanes of at least 4 members (excludes halogenated alkanes) is 2. The molecule has 4 nitrogen and oxygen atoms in total. The second kappa shape index (κ2) is 12.8. The first-order chi connectivity index (χ1) is 9.54. The fourth-order valence-corrected chi connectivity index (χ4v) is 17.0. The zero-order valence-corrected chi connectivity index (χ0v) is 17.9. The maximum atomic E-state index is 8.90. The molecule has 0 aromatic heterocycles. The zero-order valence-electron chi connectivity index (χ0n) is 14.9. The van der Waals surface area contributed by atoms with Crippen molar-refractivity contribution in [2.45, 2.75) is 91.9 Å². The smallest absolute Gasteiger partial charge is 0.311 e. The maximum absolute atomic E-state index is 8.90. The third-order valence-electron chi connectivity index (χ3n) is 3.42. The van der Waals surface area contributed by atoms with E-state index in [2.05, 4.69) is 39.3 Å². The first kappa shape index (κ1) is 28.3. The van der Waals surface area contributed by atoms with Gasteiger partial charge in [-0.3, -0.25) is 0 Å². The molecule has 0 bridgehead atoms. The van der Waals surface area contributed by atoms with E-state index in [1.54, 1.807) is 0 Å². The molecule has 0 saturated carbocycles. The SMILES string of the molecule is C.C.C[Si](C)(CCCCO)O[Si](C)(C)O[Si](C)(C)CCCCO. The lowest BCUT2D eigenvalue weighted by Crippen LogP contribution is -2.52. The number of hydrogen-bond acceptors (Lipinski definition) is 4. The summed E-state index contributed by atoms with van der Waals surface area (Å²) in [7, 11) is -5.51. The van der Waals surface area contributed by atoms with Crippen LogP contribution in [-0.4, -0.2) is 48.6 Å². The molecule has 23 heavy (non-hydrogen) atoms. The highest BCUT2D eigenvalue weighted by molar-refractivity contribution is 6.87. The van der Waals surface area contributed by atoms with Gasteiger partial charge in [-0.1, -0.05) is 27.7 Å². The Morgan fingerprint density at radius 1 is 0.609 bits per heavy atom. The average molecular weight is 385 g/mol. The van der Waals surface area contributed by atoms with Crippen molar-refractivity contribution in [1.29, 1.82) is 0 Å². The minimum Gasteiger partial charge on any atom is -0.437 e. The molecule has 0 aliphatic rings. The number of aliphatic hydroxyl groups excluding tert-OH is 2. The minimum atomic E-state index is -2.10. The van der Waals surface area contributed by atoms with Gasteiger partial charge in [-0.05, 0) is 64.2 Å². The molecule has 2 N–H and O–H groups in total. The lowest BCUT2D eigenvalue weighted by molar-refractivity contribution is 0.285. The Hall–Kier alpha value is 0.491. The van der Waals surface area contributed by atoms with Gasteiger partial charge in [-0.15, -0.1) is 0 Å². The Labute approximate surface area is 149 Å². The second-order valence-electron chi connectivity index (χ2n) is 7.48. The Morgan fingerprint density at radius 3 is 1.17 bits per heavy atom. The van der Waals surface area contributed by atoms with Crippen molar-refractivity contribution in [2.75, 3.05) is 13.2 Å². The predicted molar refractivity (Wildman–Crippen MR) is 110 cm³/mol. The summed E-state index contributed by atoms with van der Waals surface area (Å²) in [5.74, 6) is 0. The highest BCUT2D eigenvalue weighted by Gasteiger charge is 2.39. The summed E-state index contributed by atoms with van der Waals surface area (Å²) >= 11 is 0. The third kappa shape index (κ3) is 15.7. The molecule has 0 fully saturated rings. The second-order valence-corrected chi connectivity index (χ2v) is 20.0. The molecule has 0 spiro atoms. The fourth-order valence-electron chi connectivity index (χ4n) is 2.78. The van der Waals surface area contributed by atoms with Gasteiger partial charge in [0.25, 0.3) is 0 Å². The zero-order chi connectivity index (χ0) is 16.6. The van der Waals surface area contributed by atoms with E-state index in [-0.39, 0.29) is 28.1 Å². The molecule has 0 aliphatic heterocycles. The molecule has 0 rings (SSSR count). The highest BCUT2D eigenvalue weighted by Crippen LogP contribution is 2.26. The van der Waals surface area contributed by atoms with Crippen LogP contribution in [0.25, 0.3) is 0 Å². The largest absolute Gasteiger partial charge is 0.437 e. The molecule has 0 amide bonds. The van der Waals surface area contributed by atoms with Crippen molar-refractivity contribution in [1.82, 2.24) is 0 Å². The van der Waals surface area contributed by atoms with E-state index in [4.69, 9.17) is 18.4 Å². The fraction of sp³-hybridized carbons (Fsp3) is 1.00. The van der Waals surface area contributed by atoms with Gasteiger partial charge in [0.05, 0.1) is 0 Å². The van der Waals surface area contributed by atoms with E-state index < -0.39 is 25.2 Å². The molecular formula is C16H44O4Si3. The van der Waals surface area contributed by atoms with Crippen molar-refractivity contribution in [3.63, 3.8) is 0 Å². The summed E-state index contributed by atoms with van der Waals surface area (Å²) in [6, 6.07) is 2.17. The first-order valence-electron chi connectivity index (χ1n) is 8.16. The van der Waals surface area contributed by atoms with Crippen LogP contribution in [-0.2, 0) is 8.23 Å². The van der Waals surface area contributed by atoms with Crippen LogP contribution in [0.5, 0.6) is 0 Å². The Bertz CT molecular complexity index is 258. The third-order valence-corrected chi connectivity index (χ3v) is 14.9. The van der Waals surface area contributed by atoms with E-state index in [1.807, 2.05) is 0 Å². The van der Waals surface area contributed by atoms with E-state index in [0.29, 0.717) is 0 Å². The van der Waals surface area contributed by atoms with Crippen LogP contribution >= 0.6 is 0 Å². The molecule has 144 valence electrons. The normalized spacial score (nSPS) is 12.5. The Balaban J connectivity index is -0.00000200. The van der Waals surface area contributed by atoms with Crippen LogP contribution in [0.15, 0.2) is 0 Å². The van der Waals surface area contributed by atoms with E-state index in [0.717, 1.165) is 37.8 Å². The van der Waals surface area contributed by atoms with Gasteiger partial charge in [0.1, 0.15) is 0 Å². The van der Waals surface area contributed by atoms with Crippen molar-refractivity contribution < 1.29 is 18.4 Å². The Morgan fingerprint density at radius 2 is 0.913 bits per heavy atom. The molecule has 0 saturated heterocycles. The predicted octanol–water partition coefficient (Wildman–Crippen LogP) is 4.95. The number of hydrogen-bond donors (Lipinski definition) is 2. The van der Waals surface area contributed by atoms with Crippen molar-refractivity contribution in [2.24, 2.45) is 0 Å². The molecule has 0 heterocycles. The quantitative estimate of drug-likeness (QED) is 0.369. The van der Waals surface area contributed by atoms with Crippen molar-refractivity contribution in [3.05, 3.63) is 0 Å². The van der Waals surface area contributed by atoms with E-state index >= 15 is 0 Å². The van der Waals surface area contributed by atoms with E-state index in [1.165, 1.54) is 0 Å². The van der Waals surface area contributed by atoms with E-state index in [9.17, 15) is 0 Å². The van der Waals surface area contributed by atoms with Gasteiger partial charge in [0.2, 0.25) is 0 Å². The van der Waals surface area contributed by atoms with Crippen LogP contribution in [0, 0.1) is 0 Å². The molecule has 0 unspecified atom stereocenters. The monoisotopic (exact) mass is 384 g/mol. The summed E-state index contributed by atoms with van der Waals surface area (Å²) in [5, 5.41) is 17.8. The average Bonchev–Trinajstić information content (AvgIpc) is 2.25. The standard InChI is InChI=1S/C14H36O4Si3.2CH4/c1-19(2,13-9-7-11-15)17-21(5,6)18-20(3,4)14-10-8-12-16;;/h15-16H,7-14H2,1-6H3;2*1H4. The van der Waals surface area contributed by atoms with Crippen LogP contribution < -0.4 is 0 Å². The van der Waals surface area contributed by atoms with Gasteiger partial charge >= 0.3 is 8.56 Å². The molecule has 0 aromatic carbocycles. The number of aliphatic hydroxyl groups is 2. The van der Waals surface area contributed by atoms with Crippen LogP contribution in [0.4, 0.5) is 0 Å². The molecular weight excluding hydrogens is 340 g/mol. The van der Waals surface area contributed by atoms with Crippen molar-refractivity contribution >= 4 is 25.2 Å². The minimum absolute atomic E-state index is 0. The van der Waals surface area contributed by atoms with Gasteiger partial charge in [0, 0.05) is 13.2 Å². The van der Waals surface area contributed by atoms with Crippen molar-refractivity contribution in [3.8, 4) is 0 Å². The maximum Gasteiger partial charge on any atom is 0.311 e. The molecule has 0 atom stereocenters. The molecule has 0 radical (unpaired) electrons. The van der Waals surface area contributed by atoms with Crippen LogP contribution in [0.3, 0.4) is 0 Å². The Kier molecular flexibility index (Phi) is 15.7. The summed E-state index contributed by atoms with van der Waals surface area (Å²) in [5.41, 5.74) is 0. The van der Waals surface area contributed by atoms with Gasteiger partial charge < -0.3 is 18.4 Å². The molecule has 7 heteroatoms. The summed E-state index contributed by atoms with van der Waals surface area (Å²) in [4.78, 5) is 0. The van der Waals surface area contributed by atoms with Crippen LogP contribution in [0.2, 0.25) is 51.4 Å².